The Morgan fingerprint density at radius 3 is 1.66 bits per heavy atom. The van der Waals surface area contributed by atoms with Crippen molar-refractivity contribution in [1.29, 1.82) is 0 Å². The highest BCUT2D eigenvalue weighted by molar-refractivity contribution is 6.17. The fourth-order valence-electron chi connectivity index (χ4n) is 8.36. The Bertz CT molecular complexity index is 3160. The number of aromatic nitrogens is 5. The predicted molar refractivity (Wildman–Crippen MR) is 230 cm³/mol. The van der Waals surface area contributed by atoms with Gasteiger partial charge < -0.3 is 9.13 Å². The molecule has 5 nitrogen and oxygen atoms in total. The molecule has 56 heavy (non-hydrogen) atoms. The van der Waals surface area contributed by atoms with Crippen molar-refractivity contribution in [2.75, 3.05) is 0 Å². The van der Waals surface area contributed by atoms with Crippen LogP contribution in [0.2, 0.25) is 0 Å². The zero-order chi connectivity index (χ0) is 37.0. The minimum absolute atomic E-state index is 0.929. The third kappa shape index (κ3) is 5.21. The average molecular weight is 716 g/mol. The molecular weight excluding hydrogens is 683 g/mol. The van der Waals surface area contributed by atoms with Crippen molar-refractivity contribution in [1.82, 2.24) is 24.1 Å². The summed E-state index contributed by atoms with van der Waals surface area (Å²) >= 11 is 0. The van der Waals surface area contributed by atoms with E-state index in [1.807, 2.05) is 48.9 Å². The third-order valence-electron chi connectivity index (χ3n) is 10.9. The van der Waals surface area contributed by atoms with E-state index in [0.29, 0.717) is 0 Å². The molecule has 0 N–H and O–H groups in total. The van der Waals surface area contributed by atoms with Crippen LogP contribution in [0, 0.1) is 0 Å². The first-order valence-corrected chi connectivity index (χ1v) is 18.8. The number of pyridine rings is 3. The molecule has 0 spiro atoms. The monoisotopic (exact) mass is 715 g/mol. The van der Waals surface area contributed by atoms with E-state index in [4.69, 9.17) is 4.98 Å². The number of hydrogen-bond acceptors (Lipinski definition) is 3. The second kappa shape index (κ2) is 13.0. The minimum atomic E-state index is 0.929. The summed E-state index contributed by atoms with van der Waals surface area (Å²) in [6, 6.07) is 64.5. The van der Waals surface area contributed by atoms with Crippen LogP contribution in [0.1, 0.15) is 0 Å². The molecule has 0 aliphatic carbocycles. The molecule has 11 rings (SSSR count). The summed E-state index contributed by atoms with van der Waals surface area (Å²) in [7, 11) is 0. The molecule has 0 fully saturated rings. The SMILES string of the molecule is c1ccc(-n2c3ccccc3c3c(-c4ccc5c(c4)c4ncccc4n5-c4ccc(-c5cc(-c6ccccn6)cc(-c6ccccn6)c5)cc4)cccc32)cc1. The lowest BCUT2D eigenvalue weighted by Crippen LogP contribution is -1.94. The first-order chi connectivity index (χ1) is 27.8. The maximum absolute atomic E-state index is 4.95. The first kappa shape index (κ1) is 31.9. The normalized spacial score (nSPS) is 11.6. The van der Waals surface area contributed by atoms with Crippen LogP contribution in [0.4, 0.5) is 0 Å². The number of para-hydroxylation sites is 2. The topological polar surface area (TPSA) is 48.5 Å². The van der Waals surface area contributed by atoms with Crippen LogP contribution >= 0.6 is 0 Å². The van der Waals surface area contributed by atoms with E-state index in [-0.39, 0.29) is 0 Å². The minimum Gasteiger partial charge on any atom is -0.309 e. The van der Waals surface area contributed by atoms with Crippen LogP contribution in [0.25, 0.3) is 99.9 Å². The number of benzene rings is 6. The van der Waals surface area contributed by atoms with Gasteiger partial charge in [0.05, 0.1) is 39.0 Å². The molecule has 5 heterocycles. The molecule has 0 saturated carbocycles. The number of fused-ring (bicyclic) bond motifs is 6. The van der Waals surface area contributed by atoms with Crippen molar-refractivity contribution in [2.45, 2.75) is 0 Å². The van der Waals surface area contributed by atoms with E-state index in [0.717, 1.165) is 72.5 Å². The van der Waals surface area contributed by atoms with E-state index >= 15 is 0 Å². The van der Waals surface area contributed by atoms with Gasteiger partial charge in [-0.15, -0.1) is 0 Å². The van der Waals surface area contributed by atoms with Crippen molar-refractivity contribution in [3.8, 4) is 56.1 Å². The number of nitrogens with zero attached hydrogens (tertiary/aromatic N) is 5. The molecule has 0 aliphatic rings. The maximum Gasteiger partial charge on any atom is 0.0963 e. The molecule has 6 aromatic carbocycles. The molecule has 0 atom stereocenters. The highest BCUT2D eigenvalue weighted by Gasteiger charge is 2.19. The summed E-state index contributed by atoms with van der Waals surface area (Å²) in [6.07, 6.45) is 5.57. The standard InChI is InChI=1S/C51H33N5/c1-2-12-39(13-3-1)55-46-18-5-4-14-42(46)50-41(15-10-19-48(50)55)35-23-26-47-43(33-35)51-49(20-11-29-54-51)56(47)40-24-21-34(22-25-40)36-30-37(44-16-6-8-27-52-44)32-38(31-36)45-17-7-9-28-53-45/h1-33H. The molecular formula is C51H33N5. The lowest BCUT2D eigenvalue weighted by Gasteiger charge is -2.12. The van der Waals surface area contributed by atoms with Crippen LogP contribution in [0.3, 0.4) is 0 Å². The Balaban J connectivity index is 1.04. The van der Waals surface area contributed by atoms with Crippen molar-refractivity contribution in [2.24, 2.45) is 0 Å². The third-order valence-corrected chi connectivity index (χ3v) is 10.9. The Morgan fingerprint density at radius 2 is 0.911 bits per heavy atom. The van der Waals surface area contributed by atoms with Gasteiger partial charge in [0.2, 0.25) is 0 Å². The van der Waals surface area contributed by atoms with Gasteiger partial charge in [-0.25, -0.2) is 0 Å². The van der Waals surface area contributed by atoms with Gasteiger partial charge in [0.15, 0.2) is 0 Å². The fraction of sp³-hybridized carbons (Fsp3) is 0. The van der Waals surface area contributed by atoms with E-state index in [9.17, 15) is 0 Å². The quantitative estimate of drug-likeness (QED) is 0.172. The Labute approximate surface area is 323 Å². The average Bonchev–Trinajstić information content (AvgIpc) is 3.80. The van der Waals surface area contributed by atoms with Crippen LogP contribution in [0.5, 0.6) is 0 Å². The Hall–Kier alpha value is -7.63. The van der Waals surface area contributed by atoms with Crippen LogP contribution < -0.4 is 0 Å². The molecule has 0 bridgehead atoms. The van der Waals surface area contributed by atoms with Crippen molar-refractivity contribution >= 4 is 43.7 Å². The zero-order valence-electron chi connectivity index (χ0n) is 30.3. The Morgan fingerprint density at radius 1 is 0.321 bits per heavy atom. The molecule has 11 aromatic rings. The van der Waals surface area contributed by atoms with Gasteiger partial charge in [-0.2, -0.15) is 0 Å². The van der Waals surface area contributed by atoms with E-state index in [1.165, 1.54) is 27.4 Å². The highest BCUT2D eigenvalue weighted by atomic mass is 15.0. The number of hydrogen-bond donors (Lipinski definition) is 0. The summed E-state index contributed by atoms with van der Waals surface area (Å²) in [4.78, 5) is 14.3. The molecule has 0 amide bonds. The molecule has 0 aliphatic heterocycles. The summed E-state index contributed by atoms with van der Waals surface area (Å²) < 4.78 is 4.70. The lowest BCUT2D eigenvalue weighted by molar-refractivity contribution is 1.18. The smallest absolute Gasteiger partial charge is 0.0963 e. The second-order valence-corrected chi connectivity index (χ2v) is 14.1. The van der Waals surface area contributed by atoms with E-state index in [1.54, 1.807) is 0 Å². The maximum atomic E-state index is 4.95. The lowest BCUT2D eigenvalue weighted by atomic mass is 9.96. The highest BCUT2D eigenvalue weighted by Crippen LogP contribution is 2.41. The van der Waals surface area contributed by atoms with Gasteiger partial charge >= 0.3 is 0 Å². The van der Waals surface area contributed by atoms with E-state index < -0.39 is 0 Å². The molecule has 5 aromatic heterocycles. The zero-order valence-corrected chi connectivity index (χ0v) is 30.3. The van der Waals surface area contributed by atoms with E-state index in [2.05, 4.69) is 171 Å². The second-order valence-electron chi connectivity index (χ2n) is 14.1. The summed E-state index contributed by atoms with van der Waals surface area (Å²) in [5.41, 5.74) is 16.3. The van der Waals surface area contributed by atoms with Gasteiger partial charge in [-0.05, 0) is 125 Å². The van der Waals surface area contributed by atoms with Crippen LogP contribution in [0.15, 0.2) is 201 Å². The van der Waals surface area contributed by atoms with Gasteiger partial charge in [-0.1, -0.05) is 78.9 Å². The predicted octanol–water partition coefficient (Wildman–Crippen LogP) is 12.7. The van der Waals surface area contributed by atoms with Crippen molar-refractivity contribution in [3.05, 3.63) is 201 Å². The van der Waals surface area contributed by atoms with Gasteiger partial charge in [0.25, 0.3) is 0 Å². The number of rotatable bonds is 6. The summed E-state index contributed by atoms with van der Waals surface area (Å²) in [5.74, 6) is 0. The van der Waals surface area contributed by atoms with Crippen molar-refractivity contribution < 1.29 is 0 Å². The molecule has 5 heteroatoms. The summed E-state index contributed by atoms with van der Waals surface area (Å²) in [6.45, 7) is 0. The van der Waals surface area contributed by atoms with Crippen molar-refractivity contribution in [3.63, 3.8) is 0 Å². The van der Waals surface area contributed by atoms with Gasteiger partial charge in [0, 0.05) is 57.3 Å². The fourth-order valence-corrected chi connectivity index (χ4v) is 8.36. The largest absolute Gasteiger partial charge is 0.309 e. The molecule has 0 radical (unpaired) electrons. The molecule has 262 valence electrons. The van der Waals surface area contributed by atoms with Gasteiger partial charge in [-0.3, -0.25) is 15.0 Å². The van der Waals surface area contributed by atoms with Crippen LogP contribution in [-0.2, 0) is 0 Å². The Kier molecular flexibility index (Phi) is 7.42. The van der Waals surface area contributed by atoms with Crippen LogP contribution in [-0.4, -0.2) is 24.1 Å². The first-order valence-electron chi connectivity index (χ1n) is 18.8. The van der Waals surface area contributed by atoms with Gasteiger partial charge in [0.1, 0.15) is 0 Å². The molecule has 0 saturated heterocycles. The molecule has 0 unspecified atom stereocenters. The summed E-state index contributed by atoms with van der Waals surface area (Å²) in [5, 5.41) is 3.60.